The summed E-state index contributed by atoms with van der Waals surface area (Å²) in [6.07, 6.45) is -0.988. The number of thiophene rings is 1. The van der Waals surface area contributed by atoms with Crippen LogP contribution in [0.25, 0.3) is 20.9 Å². The van der Waals surface area contributed by atoms with Crippen molar-refractivity contribution >= 4 is 42.2 Å². The normalized spacial score (nSPS) is 13.3. The highest BCUT2D eigenvalue weighted by Crippen LogP contribution is 2.30. The smallest absolute Gasteiger partial charge is 0.250 e. The third-order valence-electron chi connectivity index (χ3n) is 4.37. The first-order chi connectivity index (χ1) is 12.9. The van der Waals surface area contributed by atoms with Gasteiger partial charge in [-0.05, 0) is 46.0 Å². The van der Waals surface area contributed by atoms with Crippen LogP contribution in [0.4, 0.5) is 4.39 Å². The first-order valence-electron chi connectivity index (χ1n) is 8.28. The van der Waals surface area contributed by atoms with Gasteiger partial charge in [-0.3, -0.25) is 0 Å². The fraction of sp³-hybridized carbons (Fsp3) is 0.100. The first kappa shape index (κ1) is 18.1. The number of halogens is 1. The van der Waals surface area contributed by atoms with E-state index in [9.17, 15) is 17.9 Å². The molecule has 0 spiro atoms. The SMILES string of the molecule is O=S(=O)(NCC(O)c1cccc2ccccc12)c1cc2cc(F)ccc2s1. The van der Waals surface area contributed by atoms with Gasteiger partial charge in [0.2, 0.25) is 10.0 Å². The van der Waals surface area contributed by atoms with Crippen LogP contribution in [0.2, 0.25) is 0 Å². The quantitative estimate of drug-likeness (QED) is 0.527. The van der Waals surface area contributed by atoms with Crippen LogP contribution in [0.15, 0.2) is 70.9 Å². The number of fused-ring (bicyclic) bond motifs is 2. The number of nitrogens with one attached hydrogen (secondary N) is 1. The second-order valence-electron chi connectivity index (χ2n) is 6.18. The molecule has 0 fully saturated rings. The van der Waals surface area contributed by atoms with E-state index < -0.39 is 21.9 Å². The lowest BCUT2D eigenvalue weighted by atomic mass is 10.0. The summed E-state index contributed by atoms with van der Waals surface area (Å²) in [6, 6.07) is 18.8. The predicted molar refractivity (Wildman–Crippen MR) is 106 cm³/mol. The molecule has 27 heavy (non-hydrogen) atoms. The lowest BCUT2D eigenvalue weighted by Crippen LogP contribution is -2.28. The molecular weight excluding hydrogens is 385 g/mol. The van der Waals surface area contributed by atoms with E-state index >= 15 is 0 Å². The van der Waals surface area contributed by atoms with E-state index in [1.807, 2.05) is 36.4 Å². The standard InChI is InChI=1S/C20H16FNO3S2/c21-15-8-9-19-14(10-15)11-20(26-19)27(24,25)22-12-18(23)17-7-3-5-13-4-1-2-6-16(13)17/h1-11,18,22-23H,12H2. The highest BCUT2D eigenvalue weighted by atomic mass is 32.2. The van der Waals surface area contributed by atoms with E-state index in [1.54, 1.807) is 12.1 Å². The van der Waals surface area contributed by atoms with E-state index in [1.165, 1.54) is 18.2 Å². The summed E-state index contributed by atoms with van der Waals surface area (Å²) in [5, 5.41) is 12.9. The summed E-state index contributed by atoms with van der Waals surface area (Å²) in [5.41, 5.74) is 0.661. The monoisotopic (exact) mass is 401 g/mol. The van der Waals surface area contributed by atoms with Crippen molar-refractivity contribution in [1.29, 1.82) is 0 Å². The Morgan fingerprint density at radius 3 is 2.63 bits per heavy atom. The van der Waals surface area contributed by atoms with Crippen LogP contribution in [0.5, 0.6) is 0 Å². The first-order valence-corrected chi connectivity index (χ1v) is 10.6. The summed E-state index contributed by atoms with van der Waals surface area (Å²) >= 11 is 1.06. The molecule has 1 aromatic heterocycles. The minimum Gasteiger partial charge on any atom is -0.387 e. The molecule has 138 valence electrons. The lowest BCUT2D eigenvalue weighted by Gasteiger charge is -2.14. The van der Waals surface area contributed by atoms with Gasteiger partial charge in [-0.25, -0.2) is 17.5 Å². The Bertz CT molecular complexity index is 1230. The molecule has 1 heterocycles. The van der Waals surface area contributed by atoms with E-state index in [0.717, 1.165) is 22.1 Å². The fourth-order valence-electron chi connectivity index (χ4n) is 3.03. The van der Waals surface area contributed by atoms with Gasteiger partial charge in [0, 0.05) is 11.2 Å². The van der Waals surface area contributed by atoms with Crippen LogP contribution in [-0.2, 0) is 10.0 Å². The summed E-state index contributed by atoms with van der Waals surface area (Å²) in [5.74, 6) is -0.413. The molecule has 3 aromatic carbocycles. The number of rotatable bonds is 5. The van der Waals surface area contributed by atoms with Crippen molar-refractivity contribution in [1.82, 2.24) is 4.72 Å². The van der Waals surface area contributed by atoms with Crippen molar-refractivity contribution in [2.45, 2.75) is 10.3 Å². The molecule has 0 saturated heterocycles. The van der Waals surface area contributed by atoms with Crippen molar-refractivity contribution in [2.24, 2.45) is 0 Å². The molecule has 0 saturated carbocycles. The van der Waals surface area contributed by atoms with Crippen molar-refractivity contribution in [2.75, 3.05) is 6.54 Å². The average molecular weight is 401 g/mol. The van der Waals surface area contributed by atoms with Crippen LogP contribution in [0.1, 0.15) is 11.7 Å². The maximum atomic E-state index is 13.3. The Labute approximate surface area is 159 Å². The van der Waals surface area contributed by atoms with E-state index in [2.05, 4.69) is 4.72 Å². The summed E-state index contributed by atoms with van der Waals surface area (Å²) < 4.78 is 41.7. The zero-order chi connectivity index (χ0) is 19.0. The minimum absolute atomic E-state index is 0.0909. The molecular formula is C20H16FNO3S2. The fourth-order valence-corrected chi connectivity index (χ4v) is 5.49. The van der Waals surface area contributed by atoms with Gasteiger partial charge in [0.15, 0.2) is 0 Å². The maximum absolute atomic E-state index is 13.3. The van der Waals surface area contributed by atoms with Crippen molar-refractivity contribution in [3.05, 3.63) is 78.1 Å². The predicted octanol–water partition coefficient (Wildman–Crippen LogP) is 4.21. The Hall–Kier alpha value is -2.32. The van der Waals surface area contributed by atoms with Crippen LogP contribution < -0.4 is 4.72 Å². The molecule has 0 aliphatic rings. The number of hydrogen-bond acceptors (Lipinski definition) is 4. The van der Waals surface area contributed by atoms with Crippen LogP contribution >= 0.6 is 11.3 Å². The van der Waals surface area contributed by atoms with Crippen LogP contribution in [0.3, 0.4) is 0 Å². The van der Waals surface area contributed by atoms with Gasteiger partial charge >= 0.3 is 0 Å². The second kappa shape index (κ2) is 7.01. The largest absolute Gasteiger partial charge is 0.387 e. The molecule has 1 unspecified atom stereocenters. The van der Waals surface area contributed by atoms with Gasteiger partial charge in [0.05, 0.1) is 6.10 Å². The Balaban J connectivity index is 1.57. The molecule has 4 nitrogen and oxygen atoms in total. The minimum atomic E-state index is -3.81. The van der Waals surface area contributed by atoms with E-state index in [0.29, 0.717) is 15.6 Å². The highest BCUT2D eigenvalue weighted by molar-refractivity contribution is 7.91. The van der Waals surface area contributed by atoms with Gasteiger partial charge in [0.25, 0.3) is 0 Å². The number of hydrogen-bond donors (Lipinski definition) is 2. The van der Waals surface area contributed by atoms with Gasteiger partial charge in [0.1, 0.15) is 10.0 Å². The zero-order valence-corrected chi connectivity index (χ0v) is 15.7. The second-order valence-corrected chi connectivity index (χ2v) is 9.26. The number of aliphatic hydroxyl groups is 1. The maximum Gasteiger partial charge on any atom is 0.250 e. The molecule has 0 aliphatic carbocycles. The molecule has 4 rings (SSSR count). The van der Waals surface area contributed by atoms with Gasteiger partial charge in [-0.2, -0.15) is 0 Å². The van der Waals surface area contributed by atoms with Crippen LogP contribution in [-0.4, -0.2) is 20.1 Å². The lowest BCUT2D eigenvalue weighted by molar-refractivity contribution is 0.183. The Morgan fingerprint density at radius 2 is 1.78 bits per heavy atom. The molecule has 0 radical (unpaired) electrons. The topological polar surface area (TPSA) is 66.4 Å². The molecule has 4 aromatic rings. The van der Waals surface area contributed by atoms with Crippen molar-refractivity contribution in [3.8, 4) is 0 Å². The molecule has 7 heteroatoms. The average Bonchev–Trinajstić information content (AvgIpc) is 3.10. The molecule has 0 amide bonds. The number of aliphatic hydroxyl groups excluding tert-OH is 1. The molecule has 0 bridgehead atoms. The third-order valence-corrected chi connectivity index (χ3v) is 7.38. The third kappa shape index (κ3) is 3.59. The molecule has 0 aliphatic heterocycles. The molecule has 1 atom stereocenters. The van der Waals surface area contributed by atoms with Gasteiger partial charge in [-0.15, -0.1) is 11.3 Å². The summed E-state index contributed by atoms with van der Waals surface area (Å²) in [6.45, 7) is -0.154. The summed E-state index contributed by atoms with van der Waals surface area (Å²) in [4.78, 5) is 0. The highest BCUT2D eigenvalue weighted by Gasteiger charge is 2.20. The Kier molecular flexibility index (Phi) is 4.69. The van der Waals surface area contributed by atoms with E-state index in [4.69, 9.17) is 0 Å². The number of sulfonamides is 1. The van der Waals surface area contributed by atoms with Crippen molar-refractivity contribution < 1.29 is 17.9 Å². The summed E-state index contributed by atoms with van der Waals surface area (Å²) in [7, 11) is -3.81. The zero-order valence-electron chi connectivity index (χ0n) is 14.1. The van der Waals surface area contributed by atoms with Gasteiger partial charge in [-0.1, -0.05) is 42.5 Å². The number of benzene rings is 3. The Morgan fingerprint density at radius 1 is 1.00 bits per heavy atom. The van der Waals surface area contributed by atoms with Crippen molar-refractivity contribution in [3.63, 3.8) is 0 Å². The van der Waals surface area contributed by atoms with Crippen LogP contribution in [0, 0.1) is 5.82 Å². The molecule has 2 N–H and O–H groups in total. The van der Waals surface area contributed by atoms with E-state index in [-0.39, 0.29) is 10.8 Å². The van der Waals surface area contributed by atoms with Gasteiger partial charge < -0.3 is 5.11 Å².